The normalized spacial score (nSPS) is 19.3. The maximum absolute atomic E-state index is 12.0. The quantitative estimate of drug-likeness (QED) is 0.833. The third-order valence-corrected chi connectivity index (χ3v) is 4.06. The Labute approximate surface area is 126 Å². The fourth-order valence-electron chi connectivity index (χ4n) is 2.59. The summed E-state index contributed by atoms with van der Waals surface area (Å²) in [5.74, 6) is 0.0424. The molecule has 1 unspecified atom stereocenters. The SMILES string of the molecule is CC[C@H](N)C(=O)N1CCN(CC(O)c2ccccc2)CC1. The highest BCUT2D eigenvalue weighted by Gasteiger charge is 2.25. The molecule has 2 atom stereocenters. The molecule has 2 rings (SSSR count). The number of carbonyl (C=O) groups is 1. The third kappa shape index (κ3) is 4.27. The Bertz CT molecular complexity index is 444. The molecule has 5 heteroatoms. The number of aliphatic hydroxyl groups is 1. The second-order valence-electron chi connectivity index (χ2n) is 5.57. The Morgan fingerprint density at radius 1 is 1.24 bits per heavy atom. The van der Waals surface area contributed by atoms with Crippen molar-refractivity contribution in [1.29, 1.82) is 0 Å². The summed E-state index contributed by atoms with van der Waals surface area (Å²) >= 11 is 0. The lowest BCUT2D eigenvalue weighted by molar-refractivity contribution is -0.134. The summed E-state index contributed by atoms with van der Waals surface area (Å²) in [6.45, 7) is 5.47. The van der Waals surface area contributed by atoms with Gasteiger partial charge in [-0.1, -0.05) is 37.3 Å². The Hall–Kier alpha value is -1.43. The Kier molecular flexibility index (Phi) is 5.73. The molecule has 1 amide bonds. The highest BCUT2D eigenvalue weighted by atomic mass is 16.3. The largest absolute Gasteiger partial charge is 0.387 e. The van der Waals surface area contributed by atoms with Crippen LogP contribution >= 0.6 is 0 Å². The van der Waals surface area contributed by atoms with Crippen LogP contribution < -0.4 is 5.73 Å². The summed E-state index contributed by atoms with van der Waals surface area (Å²) in [6, 6.07) is 9.29. The maximum Gasteiger partial charge on any atom is 0.239 e. The predicted molar refractivity (Wildman–Crippen MR) is 82.7 cm³/mol. The molecule has 3 N–H and O–H groups in total. The van der Waals surface area contributed by atoms with Crippen LogP contribution in [0.3, 0.4) is 0 Å². The number of benzene rings is 1. The lowest BCUT2D eigenvalue weighted by atomic mass is 10.1. The molecule has 1 aliphatic rings. The summed E-state index contributed by atoms with van der Waals surface area (Å²) in [5, 5.41) is 10.2. The van der Waals surface area contributed by atoms with Crippen molar-refractivity contribution in [1.82, 2.24) is 9.80 Å². The molecule has 5 nitrogen and oxygen atoms in total. The first kappa shape index (κ1) is 15.9. The Balaban J connectivity index is 1.80. The zero-order valence-electron chi connectivity index (χ0n) is 12.6. The van der Waals surface area contributed by atoms with Crippen LogP contribution in [0, 0.1) is 0 Å². The molecule has 1 heterocycles. The van der Waals surface area contributed by atoms with E-state index in [4.69, 9.17) is 5.73 Å². The number of hydrogen-bond acceptors (Lipinski definition) is 4. The molecule has 21 heavy (non-hydrogen) atoms. The van der Waals surface area contributed by atoms with Crippen molar-refractivity contribution in [3.63, 3.8) is 0 Å². The zero-order valence-corrected chi connectivity index (χ0v) is 12.6. The number of aliphatic hydroxyl groups excluding tert-OH is 1. The average Bonchev–Trinajstić information content (AvgIpc) is 2.55. The lowest BCUT2D eigenvalue weighted by Gasteiger charge is -2.36. The van der Waals surface area contributed by atoms with E-state index in [0.29, 0.717) is 26.1 Å². The van der Waals surface area contributed by atoms with Gasteiger partial charge in [0, 0.05) is 32.7 Å². The summed E-state index contributed by atoms with van der Waals surface area (Å²) in [4.78, 5) is 16.0. The van der Waals surface area contributed by atoms with Gasteiger partial charge in [-0.2, -0.15) is 0 Å². The minimum Gasteiger partial charge on any atom is -0.387 e. The molecule has 0 radical (unpaired) electrons. The number of β-amino-alcohol motifs (C(OH)–C–C–N with tert-alkyl or cyclic N) is 1. The van der Waals surface area contributed by atoms with Crippen LogP contribution in [0.15, 0.2) is 30.3 Å². The highest BCUT2D eigenvalue weighted by molar-refractivity contribution is 5.81. The molecule has 1 aromatic rings. The zero-order chi connectivity index (χ0) is 15.2. The molecule has 1 saturated heterocycles. The first-order valence-corrected chi connectivity index (χ1v) is 7.61. The van der Waals surface area contributed by atoms with E-state index in [0.717, 1.165) is 18.7 Å². The van der Waals surface area contributed by atoms with Crippen LogP contribution in [0.1, 0.15) is 25.0 Å². The molecule has 0 saturated carbocycles. The summed E-state index contributed by atoms with van der Waals surface area (Å²) in [6.07, 6.45) is 0.192. The summed E-state index contributed by atoms with van der Waals surface area (Å²) in [5.41, 5.74) is 6.73. The molecule has 1 aliphatic heterocycles. The van der Waals surface area contributed by atoms with E-state index < -0.39 is 6.10 Å². The molecule has 0 spiro atoms. The van der Waals surface area contributed by atoms with Gasteiger partial charge in [0.25, 0.3) is 0 Å². The number of amides is 1. The Morgan fingerprint density at radius 3 is 2.43 bits per heavy atom. The van der Waals surface area contributed by atoms with E-state index in [-0.39, 0.29) is 11.9 Å². The maximum atomic E-state index is 12.0. The molecule has 0 aromatic heterocycles. The van der Waals surface area contributed by atoms with Gasteiger partial charge in [-0.3, -0.25) is 9.69 Å². The lowest BCUT2D eigenvalue weighted by Crippen LogP contribution is -2.53. The second kappa shape index (κ2) is 7.54. The van der Waals surface area contributed by atoms with Gasteiger partial charge < -0.3 is 15.7 Å². The molecular formula is C16H25N3O2. The van der Waals surface area contributed by atoms with Crippen molar-refractivity contribution in [2.45, 2.75) is 25.5 Å². The van der Waals surface area contributed by atoms with Crippen LogP contribution in [0.5, 0.6) is 0 Å². The topological polar surface area (TPSA) is 69.8 Å². The predicted octanol–water partition coefficient (Wildman–Crippen LogP) is 0.602. The van der Waals surface area contributed by atoms with E-state index in [1.807, 2.05) is 42.2 Å². The van der Waals surface area contributed by atoms with E-state index in [2.05, 4.69) is 4.90 Å². The van der Waals surface area contributed by atoms with Crippen molar-refractivity contribution in [3.8, 4) is 0 Å². The summed E-state index contributed by atoms with van der Waals surface area (Å²) < 4.78 is 0. The number of nitrogens with two attached hydrogens (primary N) is 1. The standard InChI is InChI=1S/C16H25N3O2/c1-2-14(17)16(21)19-10-8-18(9-11-19)12-15(20)13-6-4-3-5-7-13/h3-7,14-15,20H,2,8-12,17H2,1H3/t14-,15?/m0/s1. The van der Waals surface area contributed by atoms with Crippen molar-refractivity contribution in [2.24, 2.45) is 5.73 Å². The first-order chi connectivity index (χ1) is 10.1. The smallest absolute Gasteiger partial charge is 0.239 e. The van der Waals surface area contributed by atoms with Crippen molar-refractivity contribution < 1.29 is 9.90 Å². The van der Waals surface area contributed by atoms with E-state index >= 15 is 0 Å². The number of hydrogen-bond donors (Lipinski definition) is 2. The van der Waals surface area contributed by atoms with E-state index in [1.165, 1.54) is 0 Å². The van der Waals surface area contributed by atoms with Gasteiger partial charge in [-0.15, -0.1) is 0 Å². The van der Waals surface area contributed by atoms with Gasteiger partial charge in [0.15, 0.2) is 0 Å². The van der Waals surface area contributed by atoms with E-state index in [9.17, 15) is 9.90 Å². The molecule has 116 valence electrons. The van der Waals surface area contributed by atoms with Gasteiger partial charge in [0.05, 0.1) is 12.1 Å². The van der Waals surface area contributed by atoms with Gasteiger partial charge in [-0.05, 0) is 12.0 Å². The molecule has 1 aromatic carbocycles. The van der Waals surface area contributed by atoms with Crippen molar-refractivity contribution in [3.05, 3.63) is 35.9 Å². The number of carbonyl (C=O) groups excluding carboxylic acids is 1. The average molecular weight is 291 g/mol. The molecular weight excluding hydrogens is 266 g/mol. The third-order valence-electron chi connectivity index (χ3n) is 4.06. The van der Waals surface area contributed by atoms with Gasteiger partial charge in [0.1, 0.15) is 0 Å². The fraction of sp³-hybridized carbons (Fsp3) is 0.562. The monoisotopic (exact) mass is 291 g/mol. The van der Waals surface area contributed by atoms with Crippen molar-refractivity contribution >= 4 is 5.91 Å². The van der Waals surface area contributed by atoms with E-state index in [1.54, 1.807) is 0 Å². The van der Waals surface area contributed by atoms with Crippen LogP contribution in [0.4, 0.5) is 0 Å². The van der Waals surface area contributed by atoms with Gasteiger partial charge >= 0.3 is 0 Å². The highest BCUT2D eigenvalue weighted by Crippen LogP contribution is 2.15. The number of piperazine rings is 1. The van der Waals surface area contributed by atoms with Crippen LogP contribution in [0.25, 0.3) is 0 Å². The minimum atomic E-state index is -0.480. The fourth-order valence-corrected chi connectivity index (χ4v) is 2.59. The Morgan fingerprint density at radius 2 is 1.86 bits per heavy atom. The van der Waals surface area contributed by atoms with Crippen LogP contribution in [0.2, 0.25) is 0 Å². The second-order valence-corrected chi connectivity index (χ2v) is 5.57. The number of rotatable bonds is 5. The van der Waals surface area contributed by atoms with Crippen LogP contribution in [-0.4, -0.2) is 59.6 Å². The molecule has 0 aliphatic carbocycles. The van der Waals surface area contributed by atoms with Gasteiger partial charge in [-0.25, -0.2) is 0 Å². The molecule has 1 fully saturated rings. The van der Waals surface area contributed by atoms with Crippen molar-refractivity contribution in [2.75, 3.05) is 32.7 Å². The first-order valence-electron chi connectivity index (χ1n) is 7.61. The molecule has 0 bridgehead atoms. The minimum absolute atomic E-state index is 0.0424. The number of nitrogens with zero attached hydrogens (tertiary/aromatic N) is 2. The van der Waals surface area contributed by atoms with Crippen LogP contribution in [-0.2, 0) is 4.79 Å². The van der Waals surface area contributed by atoms with Gasteiger partial charge in [0.2, 0.25) is 5.91 Å². The summed E-state index contributed by atoms with van der Waals surface area (Å²) in [7, 11) is 0.